The number of aliphatic hydroxyl groups is 1. The number of cyclic esters (lactones) is 1. The van der Waals surface area contributed by atoms with E-state index in [1.165, 1.54) is 4.90 Å². The van der Waals surface area contributed by atoms with Gasteiger partial charge in [-0.15, -0.1) is 0 Å². The summed E-state index contributed by atoms with van der Waals surface area (Å²) in [4.78, 5) is 47.8. The van der Waals surface area contributed by atoms with E-state index >= 15 is 0 Å². The SMILES string of the molecule is CC[C@@H](CO)N1C(=O)[C@@H]2[C@H]3C(=O)OCCC=C[C@@]3(CC)O[C@@]23C=CCN(c2ccc(N(CC)CC)cc2)C(=O)C13. The zero-order valence-corrected chi connectivity index (χ0v) is 23.9. The molecule has 0 radical (unpaired) electrons. The molecule has 0 aromatic heterocycles. The van der Waals surface area contributed by atoms with Crippen molar-refractivity contribution in [3.63, 3.8) is 0 Å². The van der Waals surface area contributed by atoms with Crippen molar-refractivity contribution in [1.29, 1.82) is 0 Å². The third-order valence-corrected chi connectivity index (χ3v) is 9.21. The van der Waals surface area contributed by atoms with Gasteiger partial charge in [-0.2, -0.15) is 0 Å². The van der Waals surface area contributed by atoms with Gasteiger partial charge in [-0.25, -0.2) is 0 Å². The topological polar surface area (TPSA) is 99.6 Å². The predicted octanol–water partition coefficient (Wildman–Crippen LogP) is 3.07. The number of fused-ring (bicyclic) bond motifs is 2. The summed E-state index contributed by atoms with van der Waals surface area (Å²) in [5, 5.41) is 10.3. The number of hydrogen-bond acceptors (Lipinski definition) is 7. The van der Waals surface area contributed by atoms with Crippen LogP contribution in [0, 0.1) is 11.8 Å². The molecule has 1 aromatic rings. The van der Waals surface area contributed by atoms with Crippen molar-refractivity contribution >= 4 is 29.2 Å². The monoisotopic (exact) mass is 551 g/mol. The number of benzene rings is 1. The Balaban J connectivity index is 1.62. The molecule has 9 nitrogen and oxygen atoms in total. The molecule has 2 amide bonds. The van der Waals surface area contributed by atoms with Crippen LogP contribution in [0.1, 0.15) is 47.0 Å². The van der Waals surface area contributed by atoms with E-state index in [-0.39, 0.29) is 25.0 Å². The van der Waals surface area contributed by atoms with Gasteiger partial charge < -0.3 is 29.3 Å². The van der Waals surface area contributed by atoms with Crippen LogP contribution in [-0.2, 0) is 23.9 Å². The second-order valence-electron chi connectivity index (χ2n) is 11.0. The van der Waals surface area contributed by atoms with Crippen LogP contribution in [-0.4, -0.2) is 83.9 Å². The number of aliphatic hydroxyl groups excluding tert-OH is 1. The number of nitrogens with zero attached hydrogens (tertiary/aromatic N) is 3. The van der Waals surface area contributed by atoms with Gasteiger partial charge in [0, 0.05) is 31.0 Å². The first-order chi connectivity index (χ1) is 19.3. The fourth-order valence-corrected chi connectivity index (χ4v) is 7.14. The molecule has 4 aliphatic rings. The minimum absolute atomic E-state index is 0.229. The highest BCUT2D eigenvalue weighted by molar-refractivity contribution is 6.05. The third kappa shape index (κ3) is 4.16. The van der Waals surface area contributed by atoms with Gasteiger partial charge in [0.25, 0.3) is 5.91 Å². The lowest BCUT2D eigenvalue weighted by molar-refractivity contribution is -0.161. The molecule has 0 aliphatic carbocycles. The molecule has 2 fully saturated rings. The first-order valence-electron chi connectivity index (χ1n) is 14.6. The molecule has 0 bridgehead atoms. The maximum Gasteiger partial charge on any atom is 0.313 e. The summed E-state index contributed by atoms with van der Waals surface area (Å²) in [5.74, 6) is -2.97. The fourth-order valence-electron chi connectivity index (χ4n) is 7.14. The molecule has 4 heterocycles. The van der Waals surface area contributed by atoms with E-state index in [1.54, 1.807) is 4.90 Å². The Labute approximate surface area is 236 Å². The smallest absolute Gasteiger partial charge is 0.313 e. The number of ether oxygens (including phenoxy) is 2. The largest absolute Gasteiger partial charge is 0.465 e. The first kappa shape index (κ1) is 28.4. The van der Waals surface area contributed by atoms with Gasteiger partial charge in [-0.05, 0) is 57.4 Å². The van der Waals surface area contributed by atoms with Gasteiger partial charge in [0.15, 0.2) is 0 Å². The Morgan fingerprint density at radius 1 is 1.00 bits per heavy atom. The summed E-state index contributed by atoms with van der Waals surface area (Å²) in [6.45, 7) is 9.97. The number of amides is 2. The molecule has 1 unspecified atom stereocenters. The standard InChI is InChI=1S/C31H41N3O6/c1-5-21(20-35)34-26-28(37)33(23-14-12-22(13-15-23)32(7-3)8-4)18-11-17-31(26)24(27(34)36)25-29(38)39-19-10-9-16-30(25,6-2)40-31/h9,11-17,21,24-26,35H,5-8,10,18-20H2,1-4H3/t21-,24-,25-,26?,30+,31-/m0/s1. The highest BCUT2D eigenvalue weighted by Crippen LogP contribution is 2.58. The van der Waals surface area contributed by atoms with Crippen LogP contribution in [0.4, 0.5) is 11.4 Å². The maximum absolute atomic E-state index is 14.6. The van der Waals surface area contributed by atoms with Crippen LogP contribution < -0.4 is 9.80 Å². The van der Waals surface area contributed by atoms with E-state index in [1.807, 2.05) is 62.4 Å². The van der Waals surface area contributed by atoms with Gasteiger partial charge in [0.1, 0.15) is 23.2 Å². The maximum atomic E-state index is 14.6. The van der Waals surface area contributed by atoms with Crippen LogP contribution in [0.15, 0.2) is 48.6 Å². The molecule has 6 atom stereocenters. The molecule has 1 N–H and O–H groups in total. The van der Waals surface area contributed by atoms with Crippen LogP contribution in [0.2, 0.25) is 0 Å². The van der Waals surface area contributed by atoms with Gasteiger partial charge in [-0.3, -0.25) is 14.4 Å². The normalized spacial score (nSPS) is 32.1. The van der Waals surface area contributed by atoms with E-state index in [9.17, 15) is 19.5 Å². The van der Waals surface area contributed by atoms with Crippen molar-refractivity contribution in [3.8, 4) is 0 Å². The second kappa shape index (κ2) is 11.0. The molecule has 1 spiro atoms. The minimum atomic E-state index is -1.37. The lowest BCUT2D eigenvalue weighted by atomic mass is 9.73. The Bertz CT molecular complexity index is 1190. The molecule has 4 aliphatic heterocycles. The van der Waals surface area contributed by atoms with Gasteiger partial charge >= 0.3 is 5.97 Å². The van der Waals surface area contributed by atoms with Gasteiger partial charge in [0.05, 0.1) is 25.2 Å². The van der Waals surface area contributed by atoms with Crippen LogP contribution in [0.25, 0.3) is 0 Å². The summed E-state index contributed by atoms with van der Waals surface area (Å²) in [7, 11) is 0. The Morgan fingerprint density at radius 3 is 2.35 bits per heavy atom. The number of anilines is 2. The molecule has 5 rings (SSSR count). The first-order valence-corrected chi connectivity index (χ1v) is 14.6. The lowest BCUT2D eigenvalue weighted by Crippen LogP contribution is -2.59. The minimum Gasteiger partial charge on any atom is -0.465 e. The summed E-state index contributed by atoms with van der Waals surface area (Å²) in [6, 6.07) is 6.23. The summed E-state index contributed by atoms with van der Waals surface area (Å²) < 4.78 is 12.5. The summed E-state index contributed by atoms with van der Waals surface area (Å²) in [6.07, 6.45) is 8.98. The van der Waals surface area contributed by atoms with Gasteiger partial charge in [0.2, 0.25) is 5.91 Å². The van der Waals surface area contributed by atoms with E-state index in [0.717, 1.165) is 18.8 Å². The predicted molar refractivity (Wildman–Crippen MR) is 152 cm³/mol. The molecule has 0 saturated carbocycles. The summed E-state index contributed by atoms with van der Waals surface area (Å²) in [5.41, 5.74) is -0.670. The fraction of sp³-hybridized carbons (Fsp3) is 0.581. The number of carbonyl (C=O) groups is 3. The number of likely N-dealkylation sites (tertiary alicyclic amines) is 1. The molecule has 9 heteroatoms. The van der Waals surface area contributed by atoms with E-state index in [2.05, 4.69) is 18.7 Å². The van der Waals surface area contributed by atoms with Crippen molar-refractivity contribution in [3.05, 3.63) is 48.6 Å². The molecule has 216 valence electrons. The van der Waals surface area contributed by atoms with Crippen LogP contribution >= 0.6 is 0 Å². The van der Waals surface area contributed by atoms with Crippen molar-refractivity contribution in [2.24, 2.45) is 11.8 Å². The number of esters is 1. The van der Waals surface area contributed by atoms with Crippen molar-refractivity contribution in [1.82, 2.24) is 4.90 Å². The Kier molecular flexibility index (Phi) is 7.81. The highest BCUT2D eigenvalue weighted by Gasteiger charge is 2.75. The van der Waals surface area contributed by atoms with Crippen molar-refractivity contribution in [2.45, 2.75) is 70.2 Å². The number of hydrogen-bond donors (Lipinski definition) is 1. The van der Waals surface area contributed by atoms with Crippen molar-refractivity contribution in [2.75, 3.05) is 42.6 Å². The molecular formula is C31H41N3O6. The molecule has 2 saturated heterocycles. The van der Waals surface area contributed by atoms with E-state index in [0.29, 0.717) is 31.5 Å². The van der Waals surface area contributed by atoms with E-state index < -0.39 is 41.1 Å². The highest BCUT2D eigenvalue weighted by atomic mass is 16.6. The van der Waals surface area contributed by atoms with Crippen LogP contribution in [0.5, 0.6) is 0 Å². The van der Waals surface area contributed by atoms with Crippen LogP contribution in [0.3, 0.4) is 0 Å². The number of carbonyl (C=O) groups excluding carboxylic acids is 3. The molecule has 1 aromatic carbocycles. The molecular weight excluding hydrogens is 510 g/mol. The zero-order valence-electron chi connectivity index (χ0n) is 23.9. The summed E-state index contributed by atoms with van der Waals surface area (Å²) >= 11 is 0. The quantitative estimate of drug-likeness (QED) is 0.392. The molecule has 40 heavy (non-hydrogen) atoms. The zero-order chi connectivity index (χ0) is 28.7. The van der Waals surface area contributed by atoms with E-state index in [4.69, 9.17) is 9.47 Å². The Hall–Kier alpha value is -3.17. The van der Waals surface area contributed by atoms with Gasteiger partial charge in [-0.1, -0.05) is 38.2 Å². The van der Waals surface area contributed by atoms with Crippen molar-refractivity contribution < 1.29 is 29.0 Å². The second-order valence-corrected chi connectivity index (χ2v) is 11.0. The average molecular weight is 552 g/mol. The number of rotatable bonds is 8. The average Bonchev–Trinajstić information content (AvgIpc) is 3.31. The third-order valence-electron chi connectivity index (χ3n) is 9.21. The Morgan fingerprint density at radius 2 is 1.73 bits per heavy atom. The lowest BCUT2D eigenvalue weighted by Gasteiger charge is -2.40.